The molecule has 3 atom stereocenters. The standard InChI is InChI=1S/C16H30N2O/c1-17-11-7-6-10-15-16(19)13-8-4-2-3-5-9-14(12-13)18-15/h13-15,17-18H,2-12H2,1H3. The van der Waals surface area contributed by atoms with Gasteiger partial charge in [-0.15, -0.1) is 0 Å². The molecular weight excluding hydrogens is 236 g/mol. The zero-order valence-electron chi connectivity index (χ0n) is 12.4. The maximum Gasteiger partial charge on any atom is 0.152 e. The fourth-order valence-corrected chi connectivity index (χ4v) is 3.65. The molecule has 3 unspecified atom stereocenters. The number of unbranched alkanes of at least 4 members (excludes halogenated alkanes) is 1. The lowest BCUT2D eigenvalue weighted by molar-refractivity contribution is -0.128. The summed E-state index contributed by atoms with van der Waals surface area (Å²) in [6, 6.07) is 0.758. The van der Waals surface area contributed by atoms with Crippen molar-refractivity contribution < 1.29 is 4.79 Å². The first-order valence-corrected chi connectivity index (χ1v) is 8.25. The fraction of sp³-hybridized carbons (Fsp3) is 0.938. The molecule has 2 fully saturated rings. The Bertz CT molecular complexity index is 280. The van der Waals surface area contributed by atoms with Gasteiger partial charge in [0.05, 0.1) is 6.04 Å². The largest absolute Gasteiger partial charge is 0.320 e. The van der Waals surface area contributed by atoms with Gasteiger partial charge in [-0.25, -0.2) is 0 Å². The number of fused-ring (bicyclic) bond motifs is 2. The van der Waals surface area contributed by atoms with Gasteiger partial charge in [-0.05, 0) is 45.7 Å². The molecule has 3 heteroatoms. The maximum absolute atomic E-state index is 12.5. The molecule has 1 aliphatic carbocycles. The molecule has 2 bridgehead atoms. The second-order valence-corrected chi connectivity index (χ2v) is 6.34. The molecule has 1 saturated heterocycles. The molecule has 2 N–H and O–H groups in total. The SMILES string of the molecule is CNCCCCC1NC2CCCCCCC(C2)C1=O. The molecule has 2 rings (SSSR count). The summed E-state index contributed by atoms with van der Waals surface area (Å²) in [5.74, 6) is 0.876. The van der Waals surface area contributed by atoms with Crippen molar-refractivity contribution in [3.8, 4) is 0 Å². The van der Waals surface area contributed by atoms with Gasteiger partial charge in [-0.3, -0.25) is 4.79 Å². The average molecular weight is 266 g/mol. The molecule has 0 amide bonds. The van der Waals surface area contributed by atoms with Crippen LogP contribution in [-0.2, 0) is 4.79 Å². The molecule has 0 aromatic carbocycles. The summed E-state index contributed by atoms with van der Waals surface area (Å²) < 4.78 is 0. The Morgan fingerprint density at radius 3 is 2.74 bits per heavy atom. The van der Waals surface area contributed by atoms with E-state index in [4.69, 9.17) is 0 Å². The van der Waals surface area contributed by atoms with E-state index in [2.05, 4.69) is 10.6 Å². The normalized spacial score (nSPS) is 32.5. The van der Waals surface area contributed by atoms with E-state index in [0.717, 1.165) is 32.2 Å². The number of Topliss-reactive ketones (excluding diaryl/α,β-unsaturated/α-hetero) is 1. The van der Waals surface area contributed by atoms with Crippen molar-refractivity contribution in [3.63, 3.8) is 0 Å². The monoisotopic (exact) mass is 266 g/mol. The van der Waals surface area contributed by atoms with Crippen LogP contribution < -0.4 is 10.6 Å². The zero-order chi connectivity index (χ0) is 13.5. The Morgan fingerprint density at radius 1 is 1.16 bits per heavy atom. The van der Waals surface area contributed by atoms with E-state index in [1.54, 1.807) is 0 Å². The van der Waals surface area contributed by atoms with Gasteiger partial charge < -0.3 is 10.6 Å². The van der Waals surface area contributed by atoms with Gasteiger partial charge >= 0.3 is 0 Å². The third-order valence-corrected chi connectivity index (χ3v) is 4.78. The summed E-state index contributed by atoms with van der Waals surface area (Å²) in [6.45, 7) is 1.06. The predicted molar refractivity (Wildman–Crippen MR) is 79.3 cm³/mol. The van der Waals surface area contributed by atoms with E-state index in [9.17, 15) is 4.79 Å². The van der Waals surface area contributed by atoms with Gasteiger partial charge in [0.1, 0.15) is 0 Å². The summed E-state index contributed by atoms with van der Waals surface area (Å²) in [4.78, 5) is 12.5. The second-order valence-electron chi connectivity index (χ2n) is 6.34. The first-order valence-electron chi connectivity index (χ1n) is 8.25. The van der Waals surface area contributed by atoms with Crippen molar-refractivity contribution in [2.75, 3.05) is 13.6 Å². The highest BCUT2D eigenvalue weighted by molar-refractivity contribution is 5.87. The molecule has 3 nitrogen and oxygen atoms in total. The van der Waals surface area contributed by atoms with Crippen molar-refractivity contribution in [1.29, 1.82) is 0 Å². The molecule has 0 aromatic heterocycles. The zero-order valence-corrected chi connectivity index (χ0v) is 12.4. The molecule has 1 heterocycles. The molecule has 110 valence electrons. The van der Waals surface area contributed by atoms with Crippen LogP contribution in [0.3, 0.4) is 0 Å². The van der Waals surface area contributed by atoms with Crippen molar-refractivity contribution in [2.24, 2.45) is 5.92 Å². The van der Waals surface area contributed by atoms with Crippen LogP contribution >= 0.6 is 0 Å². The molecule has 1 aliphatic heterocycles. The van der Waals surface area contributed by atoms with E-state index >= 15 is 0 Å². The van der Waals surface area contributed by atoms with Crippen LogP contribution in [0.5, 0.6) is 0 Å². The first-order chi connectivity index (χ1) is 9.31. The summed E-state index contributed by atoms with van der Waals surface area (Å²) in [5, 5.41) is 6.81. The Labute approximate surface area is 117 Å². The first kappa shape index (κ1) is 15.0. The highest BCUT2D eigenvalue weighted by Crippen LogP contribution is 2.29. The number of nitrogens with one attached hydrogen (secondary N) is 2. The predicted octanol–water partition coefficient (Wildman–Crippen LogP) is 2.65. The van der Waals surface area contributed by atoms with Crippen molar-refractivity contribution in [1.82, 2.24) is 10.6 Å². The average Bonchev–Trinajstić information content (AvgIpc) is 2.51. The lowest BCUT2D eigenvalue weighted by atomic mass is 9.81. The maximum atomic E-state index is 12.5. The van der Waals surface area contributed by atoms with Crippen LogP contribution in [0.4, 0.5) is 0 Å². The van der Waals surface area contributed by atoms with E-state index in [1.165, 1.54) is 38.5 Å². The lowest BCUT2D eigenvalue weighted by Crippen LogP contribution is -2.52. The van der Waals surface area contributed by atoms with Gasteiger partial charge in [0.25, 0.3) is 0 Å². The van der Waals surface area contributed by atoms with Crippen LogP contribution in [0.15, 0.2) is 0 Å². The quantitative estimate of drug-likeness (QED) is 0.752. The summed E-state index contributed by atoms with van der Waals surface area (Å²) in [6.07, 6.45) is 12.2. The molecule has 2 aliphatic rings. The van der Waals surface area contributed by atoms with Crippen molar-refractivity contribution in [3.05, 3.63) is 0 Å². The lowest BCUT2D eigenvalue weighted by Gasteiger charge is -2.35. The van der Waals surface area contributed by atoms with Gasteiger partial charge in [0.15, 0.2) is 5.78 Å². The molecule has 19 heavy (non-hydrogen) atoms. The third-order valence-electron chi connectivity index (χ3n) is 4.78. The Kier molecular flexibility index (Phi) is 6.32. The third kappa shape index (κ3) is 4.57. The molecule has 0 radical (unpaired) electrons. The Balaban J connectivity index is 1.86. The van der Waals surface area contributed by atoms with E-state index in [-0.39, 0.29) is 6.04 Å². The number of hydrogen-bond acceptors (Lipinski definition) is 3. The number of rotatable bonds is 5. The van der Waals surface area contributed by atoms with Crippen molar-refractivity contribution >= 4 is 5.78 Å². The van der Waals surface area contributed by atoms with E-state index in [1.807, 2.05) is 7.05 Å². The van der Waals surface area contributed by atoms with E-state index in [0.29, 0.717) is 17.7 Å². The van der Waals surface area contributed by atoms with E-state index < -0.39 is 0 Å². The smallest absolute Gasteiger partial charge is 0.152 e. The van der Waals surface area contributed by atoms with Crippen molar-refractivity contribution in [2.45, 2.75) is 76.3 Å². The molecular formula is C16H30N2O. The van der Waals surface area contributed by atoms with Gasteiger partial charge in [-0.1, -0.05) is 32.1 Å². The minimum Gasteiger partial charge on any atom is -0.320 e. The molecule has 0 spiro atoms. The number of ketones is 1. The van der Waals surface area contributed by atoms with Crippen LogP contribution in [0.2, 0.25) is 0 Å². The number of carbonyl (C=O) groups is 1. The topological polar surface area (TPSA) is 41.1 Å². The highest BCUT2D eigenvalue weighted by Gasteiger charge is 2.35. The number of hydrogen-bond donors (Lipinski definition) is 2. The highest BCUT2D eigenvalue weighted by atomic mass is 16.1. The molecule has 1 saturated carbocycles. The van der Waals surface area contributed by atoms with Crippen LogP contribution in [0.1, 0.15) is 64.2 Å². The summed E-state index contributed by atoms with van der Waals surface area (Å²) in [7, 11) is 1.99. The van der Waals surface area contributed by atoms with Crippen LogP contribution in [0, 0.1) is 5.92 Å². The Morgan fingerprint density at radius 2 is 1.95 bits per heavy atom. The van der Waals surface area contributed by atoms with Crippen LogP contribution in [-0.4, -0.2) is 31.5 Å². The Hall–Kier alpha value is -0.410. The molecule has 0 aromatic rings. The fourth-order valence-electron chi connectivity index (χ4n) is 3.65. The van der Waals surface area contributed by atoms with Crippen LogP contribution in [0.25, 0.3) is 0 Å². The van der Waals surface area contributed by atoms with Gasteiger partial charge in [-0.2, -0.15) is 0 Å². The minimum absolute atomic E-state index is 0.152. The van der Waals surface area contributed by atoms with Gasteiger partial charge in [0.2, 0.25) is 0 Å². The number of piperidine rings is 1. The minimum atomic E-state index is 0.152. The summed E-state index contributed by atoms with van der Waals surface area (Å²) >= 11 is 0. The van der Waals surface area contributed by atoms with Gasteiger partial charge in [0, 0.05) is 12.0 Å². The second kappa shape index (κ2) is 8.01. The number of carbonyl (C=O) groups excluding carboxylic acids is 1. The summed E-state index contributed by atoms with van der Waals surface area (Å²) in [5.41, 5.74) is 0.